The van der Waals surface area contributed by atoms with E-state index in [1.54, 1.807) is 16.9 Å². The van der Waals surface area contributed by atoms with Gasteiger partial charge in [0, 0.05) is 18.4 Å². The van der Waals surface area contributed by atoms with E-state index in [9.17, 15) is 0 Å². The summed E-state index contributed by atoms with van der Waals surface area (Å²) in [6.45, 7) is 2.11. The monoisotopic (exact) mass is 270 g/mol. The minimum Gasteiger partial charge on any atom is -0.355 e. The summed E-state index contributed by atoms with van der Waals surface area (Å²) in [5, 5.41) is 12.3. The predicted molar refractivity (Wildman–Crippen MR) is 60.2 cm³/mol. The molecule has 2 rings (SSSR count). The Kier molecular flexibility index (Phi) is 2.81. The van der Waals surface area contributed by atoms with Crippen molar-refractivity contribution in [3.8, 4) is 0 Å². The summed E-state index contributed by atoms with van der Waals surface area (Å²) < 4.78 is 1.67. The van der Waals surface area contributed by atoms with E-state index in [2.05, 4.69) is 48.3 Å². The van der Waals surface area contributed by atoms with Crippen LogP contribution in [0.15, 0.2) is 12.4 Å². The maximum Gasteiger partial charge on any atom is 0.199 e. The molecule has 1 atom stereocenters. The first-order chi connectivity index (χ1) is 7.24. The molecule has 7 heteroatoms. The van der Waals surface area contributed by atoms with Gasteiger partial charge in [-0.05, 0) is 17.4 Å². The lowest BCUT2D eigenvalue weighted by Gasteiger charge is -2.24. The van der Waals surface area contributed by atoms with Crippen molar-refractivity contribution in [1.29, 1.82) is 0 Å². The molecule has 0 saturated heterocycles. The Hall–Kier alpha value is -1.24. The number of halogens is 1. The minimum atomic E-state index is 0.349. The Labute approximate surface area is 95.4 Å². The smallest absolute Gasteiger partial charge is 0.199 e. The number of nitrogens with zero attached hydrogens (tertiary/aromatic N) is 6. The summed E-state index contributed by atoms with van der Waals surface area (Å²) in [6, 6.07) is 0.349. The molecule has 0 saturated carbocycles. The molecule has 0 fully saturated rings. The molecular formula is C8H11BrN6. The van der Waals surface area contributed by atoms with Crippen molar-refractivity contribution in [3.63, 3.8) is 0 Å². The summed E-state index contributed by atoms with van der Waals surface area (Å²) >= 11 is 3.44. The number of fused-ring (bicyclic) bond motifs is 1. The molecule has 15 heavy (non-hydrogen) atoms. The van der Waals surface area contributed by atoms with Crippen LogP contribution in [0.4, 0.5) is 5.82 Å². The van der Waals surface area contributed by atoms with Gasteiger partial charge in [0.2, 0.25) is 0 Å². The molecule has 6 nitrogen and oxygen atoms in total. The van der Waals surface area contributed by atoms with Crippen LogP contribution in [-0.2, 0) is 0 Å². The van der Waals surface area contributed by atoms with Crippen LogP contribution in [0.5, 0.6) is 0 Å². The largest absolute Gasteiger partial charge is 0.355 e. The Morgan fingerprint density at radius 3 is 3.07 bits per heavy atom. The second kappa shape index (κ2) is 4.09. The molecule has 0 aliphatic rings. The van der Waals surface area contributed by atoms with Gasteiger partial charge < -0.3 is 4.90 Å². The fourth-order valence-electron chi connectivity index (χ4n) is 1.23. The van der Waals surface area contributed by atoms with Crippen molar-refractivity contribution in [1.82, 2.24) is 25.0 Å². The van der Waals surface area contributed by atoms with E-state index in [1.165, 1.54) is 0 Å². The molecule has 0 bridgehead atoms. The Bertz CT molecular complexity index is 455. The van der Waals surface area contributed by atoms with Crippen LogP contribution in [0, 0.1) is 0 Å². The fraction of sp³-hybridized carbons (Fsp3) is 0.500. The molecule has 0 amide bonds. The zero-order valence-corrected chi connectivity index (χ0v) is 10.1. The molecule has 0 spiro atoms. The van der Waals surface area contributed by atoms with E-state index < -0.39 is 0 Å². The van der Waals surface area contributed by atoms with Crippen molar-refractivity contribution < 1.29 is 0 Å². The third-order valence-corrected chi connectivity index (χ3v) is 3.27. The summed E-state index contributed by atoms with van der Waals surface area (Å²) in [6.07, 6.45) is 3.39. The van der Waals surface area contributed by atoms with E-state index >= 15 is 0 Å². The summed E-state index contributed by atoms with van der Waals surface area (Å²) in [5.74, 6) is 0.879. The fourth-order valence-corrected chi connectivity index (χ4v) is 1.67. The van der Waals surface area contributed by atoms with E-state index in [-0.39, 0.29) is 0 Å². The SMILES string of the molecule is CC(CBr)N(C)c1cncc2nnnn12. The lowest BCUT2D eigenvalue weighted by molar-refractivity contribution is 0.720. The van der Waals surface area contributed by atoms with Crippen LogP contribution in [0.2, 0.25) is 0 Å². The maximum absolute atomic E-state index is 4.10. The Morgan fingerprint density at radius 2 is 2.33 bits per heavy atom. The van der Waals surface area contributed by atoms with Crippen molar-refractivity contribution >= 4 is 27.4 Å². The molecule has 0 aliphatic carbocycles. The molecule has 2 aromatic heterocycles. The standard InChI is InChI=1S/C8H11BrN6/c1-6(3-9)14(2)8-5-10-4-7-11-12-13-15(7)8/h4-6H,3H2,1-2H3. The molecule has 80 valence electrons. The van der Waals surface area contributed by atoms with Crippen LogP contribution in [0.25, 0.3) is 5.65 Å². The van der Waals surface area contributed by atoms with E-state index in [0.29, 0.717) is 11.7 Å². The van der Waals surface area contributed by atoms with Crippen LogP contribution >= 0.6 is 15.9 Å². The molecule has 0 aromatic carbocycles. The number of rotatable bonds is 3. The number of hydrogen-bond donors (Lipinski definition) is 0. The van der Waals surface area contributed by atoms with Gasteiger partial charge in [0.15, 0.2) is 11.5 Å². The van der Waals surface area contributed by atoms with Crippen LogP contribution in [0.3, 0.4) is 0 Å². The van der Waals surface area contributed by atoms with Gasteiger partial charge in [-0.2, -0.15) is 4.52 Å². The van der Waals surface area contributed by atoms with Gasteiger partial charge in [0.05, 0.1) is 12.4 Å². The second-order valence-corrected chi connectivity index (χ2v) is 3.98. The maximum atomic E-state index is 4.10. The van der Waals surface area contributed by atoms with Crippen LogP contribution in [0.1, 0.15) is 6.92 Å². The number of tetrazole rings is 1. The van der Waals surface area contributed by atoms with Crippen molar-refractivity contribution in [2.75, 3.05) is 17.3 Å². The van der Waals surface area contributed by atoms with Gasteiger partial charge >= 0.3 is 0 Å². The van der Waals surface area contributed by atoms with Gasteiger partial charge in [-0.15, -0.1) is 5.10 Å². The van der Waals surface area contributed by atoms with Gasteiger partial charge in [-0.1, -0.05) is 15.9 Å². The molecule has 1 unspecified atom stereocenters. The number of hydrogen-bond acceptors (Lipinski definition) is 5. The third kappa shape index (κ3) is 1.79. The molecule has 2 aromatic rings. The Balaban J connectivity index is 2.46. The van der Waals surface area contributed by atoms with Gasteiger partial charge in [0.25, 0.3) is 0 Å². The summed E-state index contributed by atoms with van der Waals surface area (Å²) in [5.41, 5.74) is 0.654. The van der Waals surface area contributed by atoms with Crippen LogP contribution < -0.4 is 4.90 Å². The highest BCUT2D eigenvalue weighted by molar-refractivity contribution is 9.09. The molecular weight excluding hydrogens is 260 g/mol. The first-order valence-electron chi connectivity index (χ1n) is 4.55. The number of alkyl halides is 1. The van der Waals surface area contributed by atoms with Gasteiger partial charge in [-0.3, -0.25) is 4.98 Å². The average Bonchev–Trinajstić information content (AvgIpc) is 2.74. The lowest BCUT2D eigenvalue weighted by Crippen LogP contribution is -2.31. The van der Waals surface area contributed by atoms with Crippen molar-refractivity contribution in [2.24, 2.45) is 0 Å². The third-order valence-electron chi connectivity index (χ3n) is 2.34. The normalized spacial score (nSPS) is 13.0. The molecule has 0 aliphatic heterocycles. The lowest BCUT2D eigenvalue weighted by atomic mass is 10.3. The first kappa shape index (κ1) is 10.3. The van der Waals surface area contributed by atoms with E-state index in [1.807, 2.05) is 7.05 Å². The molecule has 0 radical (unpaired) electrons. The van der Waals surface area contributed by atoms with Gasteiger partial charge in [0.1, 0.15) is 0 Å². The highest BCUT2D eigenvalue weighted by Gasteiger charge is 2.13. The van der Waals surface area contributed by atoms with Crippen molar-refractivity contribution in [3.05, 3.63) is 12.4 Å². The minimum absolute atomic E-state index is 0.349. The zero-order valence-electron chi connectivity index (χ0n) is 8.50. The Morgan fingerprint density at radius 1 is 1.53 bits per heavy atom. The predicted octanol–water partition coefficient (Wildman–Crippen LogP) is 0.739. The highest BCUT2D eigenvalue weighted by Crippen LogP contribution is 2.14. The van der Waals surface area contributed by atoms with Crippen molar-refractivity contribution in [2.45, 2.75) is 13.0 Å². The van der Waals surface area contributed by atoms with E-state index in [0.717, 1.165) is 11.1 Å². The average molecular weight is 271 g/mol. The summed E-state index contributed by atoms with van der Waals surface area (Å²) in [4.78, 5) is 6.18. The van der Waals surface area contributed by atoms with Crippen LogP contribution in [-0.4, -0.2) is 43.4 Å². The first-order valence-corrected chi connectivity index (χ1v) is 5.67. The number of anilines is 1. The summed E-state index contributed by atoms with van der Waals surface area (Å²) in [7, 11) is 1.99. The highest BCUT2D eigenvalue weighted by atomic mass is 79.9. The zero-order chi connectivity index (χ0) is 10.8. The molecule has 0 N–H and O–H groups in total. The topological polar surface area (TPSA) is 59.2 Å². The van der Waals surface area contributed by atoms with Gasteiger partial charge in [-0.25, -0.2) is 0 Å². The second-order valence-electron chi connectivity index (χ2n) is 3.33. The van der Waals surface area contributed by atoms with E-state index in [4.69, 9.17) is 0 Å². The quantitative estimate of drug-likeness (QED) is 0.770. The number of aromatic nitrogens is 5. The molecule has 2 heterocycles.